The monoisotopic (exact) mass is 519 g/mol. The molecule has 13 nitrogen and oxygen atoms in total. The smallest absolute Gasteiger partial charge is 0.359 e. The van der Waals surface area contributed by atoms with E-state index in [2.05, 4.69) is 19.7 Å². The van der Waals surface area contributed by atoms with Gasteiger partial charge in [-0.3, -0.25) is 0 Å². The quantitative estimate of drug-likeness (QED) is 0.354. The summed E-state index contributed by atoms with van der Waals surface area (Å²) in [5.74, 6) is 7.41. The van der Waals surface area contributed by atoms with Crippen LogP contribution in [0.5, 0.6) is 5.75 Å². The highest BCUT2D eigenvalue weighted by molar-refractivity contribution is 5.88. The van der Waals surface area contributed by atoms with Gasteiger partial charge in [0.1, 0.15) is 11.6 Å². The number of nitrogens with zero attached hydrogens (tertiary/aromatic N) is 8. The molecule has 1 saturated heterocycles. The summed E-state index contributed by atoms with van der Waals surface area (Å²) in [6.07, 6.45) is 2.74. The van der Waals surface area contributed by atoms with Gasteiger partial charge in [0.15, 0.2) is 22.8 Å². The van der Waals surface area contributed by atoms with Gasteiger partial charge in [-0.2, -0.15) is 5.90 Å². The molecule has 0 aliphatic carbocycles. The molecule has 3 aromatic heterocycles. The van der Waals surface area contributed by atoms with E-state index in [4.69, 9.17) is 30.3 Å². The van der Waals surface area contributed by atoms with E-state index in [1.807, 2.05) is 48.7 Å². The number of ether oxygens (including phenoxy) is 2. The van der Waals surface area contributed by atoms with Gasteiger partial charge in [-0.15, -0.1) is 0 Å². The van der Waals surface area contributed by atoms with Crippen LogP contribution < -0.4 is 20.4 Å². The van der Waals surface area contributed by atoms with Crippen molar-refractivity contribution >= 4 is 28.9 Å². The Morgan fingerprint density at radius 3 is 2.58 bits per heavy atom. The molecule has 0 atom stereocenters. The predicted molar refractivity (Wildman–Crippen MR) is 140 cm³/mol. The van der Waals surface area contributed by atoms with Crippen LogP contribution in [0.15, 0.2) is 30.6 Å². The molecular formula is C25H29N9O4. The molecule has 38 heavy (non-hydrogen) atoms. The molecule has 2 N–H and O–H groups in total. The number of morpholine rings is 1. The standard InChI is InChI=1S/C25H29N9O4/c1-15-5-6-18(36-4)17(11-15)21-30-22-20(23(31-21)34-7-9-37-10-8-34)29-19(33(22)3)14-32(2)25-27-12-16(13-28-25)24(35)38-26/h5-6,11-13H,7-10,14,26H2,1-4H3. The van der Waals surface area contributed by atoms with Crippen LogP contribution >= 0.6 is 0 Å². The minimum Gasteiger partial charge on any atom is -0.496 e. The van der Waals surface area contributed by atoms with Crippen LogP contribution in [-0.2, 0) is 23.2 Å². The van der Waals surface area contributed by atoms with E-state index in [0.717, 1.165) is 22.8 Å². The Kier molecular flexibility index (Phi) is 7.03. The van der Waals surface area contributed by atoms with Crippen LogP contribution in [0, 0.1) is 6.92 Å². The van der Waals surface area contributed by atoms with Crippen LogP contribution in [0.4, 0.5) is 11.8 Å². The van der Waals surface area contributed by atoms with Crippen molar-refractivity contribution in [3.63, 3.8) is 0 Å². The average Bonchev–Trinajstić information content (AvgIpc) is 3.27. The number of rotatable bonds is 7. The van der Waals surface area contributed by atoms with Crippen molar-refractivity contribution in [1.29, 1.82) is 0 Å². The van der Waals surface area contributed by atoms with E-state index in [1.165, 1.54) is 12.4 Å². The summed E-state index contributed by atoms with van der Waals surface area (Å²) in [5, 5.41) is 0. The lowest BCUT2D eigenvalue weighted by Gasteiger charge is -2.28. The van der Waals surface area contributed by atoms with Gasteiger partial charge in [0.05, 0.1) is 38.0 Å². The first-order chi connectivity index (χ1) is 18.4. The van der Waals surface area contributed by atoms with Crippen molar-refractivity contribution in [2.24, 2.45) is 12.9 Å². The van der Waals surface area contributed by atoms with Crippen LogP contribution in [0.25, 0.3) is 22.6 Å². The fourth-order valence-electron chi connectivity index (χ4n) is 4.32. The largest absolute Gasteiger partial charge is 0.496 e. The van der Waals surface area contributed by atoms with Crippen molar-refractivity contribution in [3.05, 3.63) is 47.5 Å². The second kappa shape index (κ2) is 10.6. The first kappa shape index (κ1) is 25.3. The molecule has 1 aromatic carbocycles. The number of imidazole rings is 1. The number of carbonyl (C=O) groups is 1. The molecule has 0 unspecified atom stereocenters. The van der Waals surface area contributed by atoms with E-state index in [-0.39, 0.29) is 5.56 Å². The van der Waals surface area contributed by atoms with Gasteiger partial charge >= 0.3 is 5.97 Å². The van der Waals surface area contributed by atoms with Gasteiger partial charge in [0.2, 0.25) is 5.95 Å². The lowest BCUT2D eigenvalue weighted by Crippen LogP contribution is -2.37. The number of anilines is 2. The van der Waals surface area contributed by atoms with Crippen LogP contribution in [0.3, 0.4) is 0 Å². The summed E-state index contributed by atoms with van der Waals surface area (Å²) < 4.78 is 13.1. The number of hydrogen-bond acceptors (Lipinski definition) is 12. The van der Waals surface area contributed by atoms with Crippen molar-refractivity contribution in [2.75, 3.05) is 50.3 Å². The second-order valence-corrected chi connectivity index (χ2v) is 8.97. The normalized spacial score (nSPS) is 13.6. The molecule has 0 bridgehead atoms. The molecule has 0 spiro atoms. The third-order valence-electron chi connectivity index (χ3n) is 6.40. The summed E-state index contributed by atoms with van der Waals surface area (Å²) in [6.45, 7) is 5.04. The van der Waals surface area contributed by atoms with Crippen molar-refractivity contribution < 1.29 is 19.1 Å². The summed E-state index contributed by atoms with van der Waals surface area (Å²) in [7, 11) is 5.40. The number of aromatic nitrogens is 6. The number of methoxy groups -OCH3 is 1. The Morgan fingerprint density at radius 2 is 1.89 bits per heavy atom. The van der Waals surface area contributed by atoms with E-state index in [1.54, 1.807) is 7.11 Å². The summed E-state index contributed by atoms with van der Waals surface area (Å²) in [6, 6.07) is 5.94. The number of carbonyl (C=O) groups excluding carboxylic acids is 1. The molecule has 0 saturated carbocycles. The zero-order valence-electron chi connectivity index (χ0n) is 21.7. The zero-order valence-corrected chi connectivity index (χ0v) is 21.7. The maximum absolute atomic E-state index is 11.6. The molecule has 1 fully saturated rings. The number of benzene rings is 1. The maximum atomic E-state index is 11.6. The van der Waals surface area contributed by atoms with Gasteiger partial charge < -0.3 is 28.7 Å². The van der Waals surface area contributed by atoms with Gasteiger partial charge in [-0.1, -0.05) is 11.6 Å². The first-order valence-electron chi connectivity index (χ1n) is 12.0. The van der Waals surface area contributed by atoms with E-state index >= 15 is 0 Å². The summed E-state index contributed by atoms with van der Waals surface area (Å²) >= 11 is 0. The van der Waals surface area contributed by atoms with Crippen LogP contribution in [-0.4, -0.2) is 75.9 Å². The van der Waals surface area contributed by atoms with Crippen LogP contribution in [0.2, 0.25) is 0 Å². The molecule has 198 valence electrons. The fourth-order valence-corrected chi connectivity index (χ4v) is 4.32. The Labute approximate surface area is 219 Å². The molecular weight excluding hydrogens is 490 g/mol. The van der Waals surface area contributed by atoms with Crippen molar-refractivity contribution in [2.45, 2.75) is 13.5 Å². The first-order valence-corrected chi connectivity index (χ1v) is 12.0. The highest BCUT2D eigenvalue weighted by atomic mass is 16.7. The van der Waals surface area contributed by atoms with Gasteiger partial charge in [-0.25, -0.2) is 29.7 Å². The Bertz CT molecular complexity index is 1470. The Hall–Kier alpha value is -4.36. The fraction of sp³-hybridized carbons (Fsp3) is 0.360. The molecule has 1 aliphatic heterocycles. The lowest BCUT2D eigenvalue weighted by molar-refractivity contribution is 0.0502. The second-order valence-electron chi connectivity index (χ2n) is 8.97. The van der Waals surface area contributed by atoms with E-state index in [9.17, 15) is 4.79 Å². The zero-order chi connectivity index (χ0) is 26.8. The SMILES string of the molecule is COc1ccc(C)cc1-c1nc(N2CCOCC2)c2nc(CN(C)c3ncc(C(=O)ON)cn3)n(C)c2n1. The third-order valence-corrected chi connectivity index (χ3v) is 6.40. The molecule has 0 amide bonds. The maximum Gasteiger partial charge on any atom is 0.359 e. The number of nitrogens with two attached hydrogens (primary N) is 1. The van der Waals surface area contributed by atoms with Crippen molar-refractivity contribution in [1.82, 2.24) is 29.5 Å². The molecule has 13 heteroatoms. The van der Waals surface area contributed by atoms with Crippen molar-refractivity contribution in [3.8, 4) is 17.1 Å². The average molecular weight is 520 g/mol. The highest BCUT2D eigenvalue weighted by Crippen LogP contribution is 2.33. The predicted octanol–water partition coefficient (Wildman–Crippen LogP) is 1.64. The number of fused-ring (bicyclic) bond motifs is 1. The lowest BCUT2D eigenvalue weighted by atomic mass is 10.1. The Morgan fingerprint density at radius 1 is 1.16 bits per heavy atom. The van der Waals surface area contributed by atoms with Gasteiger partial charge in [-0.05, 0) is 19.1 Å². The van der Waals surface area contributed by atoms with E-state index in [0.29, 0.717) is 61.5 Å². The molecule has 0 radical (unpaired) electrons. The minimum atomic E-state index is -0.704. The topological polar surface area (TPSA) is 147 Å². The van der Waals surface area contributed by atoms with E-state index < -0.39 is 5.97 Å². The van der Waals surface area contributed by atoms with Crippen LogP contribution in [0.1, 0.15) is 21.7 Å². The Balaban J connectivity index is 1.56. The molecule has 1 aliphatic rings. The molecule has 4 heterocycles. The minimum absolute atomic E-state index is 0.164. The molecule has 5 rings (SSSR count). The van der Waals surface area contributed by atoms with Gasteiger partial charge in [0.25, 0.3) is 0 Å². The number of hydrogen-bond donors (Lipinski definition) is 1. The third kappa shape index (κ3) is 4.80. The summed E-state index contributed by atoms with van der Waals surface area (Å²) in [5.41, 5.74) is 3.46. The number of aryl methyl sites for hydroxylation is 2. The highest BCUT2D eigenvalue weighted by Gasteiger charge is 2.24. The molecule has 4 aromatic rings. The van der Waals surface area contributed by atoms with Gasteiger partial charge in [0, 0.05) is 39.6 Å². The summed E-state index contributed by atoms with van der Waals surface area (Å²) in [4.78, 5) is 43.2.